The SMILES string of the molecule is CN(C)C(=O)N1C(=O)OC(c2ccsc2)C1=O. The van der Waals surface area contributed by atoms with Gasteiger partial charge in [0.05, 0.1) is 0 Å². The largest absolute Gasteiger partial charge is 0.430 e. The maximum Gasteiger partial charge on any atom is 0.426 e. The van der Waals surface area contributed by atoms with Gasteiger partial charge in [-0.15, -0.1) is 0 Å². The number of hydrogen-bond donors (Lipinski definition) is 0. The molecule has 0 aliphatic carbocycles. The van der Waals surface area contributed by atoms with Gasteiger partial charge in [0.15, 0.2) is 0 Å². The van der Waals surface area contributed by atoms with E-state index in [9.17, 15) is 14.4 Å². The first-order chi connectivity index (χ1) is 8.02. The van der Waals surface area contributed by atoms with Gasteiger partial charge in [0.2, 0.25) is 6.10 Å². The number of ether oxygens (including phenoxy) is 1. The lowest BCUT2D eigenvalue weighted by atomic mass is 10.2. The Hall–Kier alpha value is -1.89. The molecule has 0 saturated carbocycles. The molecule has 1 aromatic heterocycles. The molecule has 1 fully saturated rings. The van der Waals surface area contributed by atoms with Crippen molar-refractivity contribution >= 4 is 29.4 Å². The molecule has 17 heavy (non-hydrogen) atoms. The first-order valence-corrected chi connectivity index (χ1v) is 5.74. The van der Waals surface area contributed by atoms with Crippen LogP contribution in [0.2, 0.25) is 0 Å². The smallest absolute Gasteiger partial charge is 0.426 e. The second-order valence-electron chi connectivity index (χ2n) is 3.67. The number of nitrogens with zero attached hydrogens (tertiary/aromatic N) is 2. The van der Waals surface area contributed by atoms with Gasteiger partial charge in [-0.05, 0) is 16.8 Å². The molecule has 1 aliphatic heterocycles. The lowest BCUT2D eigenvalue weighted by Crippen LogP contribution is -2.42. The third-order valence-corrected chi connectivity index (χ3v) is 2.97. The quantitative estimate of drug-likeness (QED) is 0.760. The molecule has 1 aromatic rings. The maximum atomic E-state index is 11.9. The third-order valence-electron chi connectivity index (χ3n) is 2.27. The van der Waals surface area contributed by atoms with E-state index >= 15 is 0 Å². The zero-order valence-corrected chi connectivity index (χ0v) is 10.1. The number of imide groups is 3. The highest BCUT2D eigenvalue weighted by Gasteiger charge is 2.46. The predicted molar refractivity (Wildman–Crippen MR) is 59.5 cm³/mol. The van der Waals surface area contributed by atoms with E-state index in [1.165, 1.54) is 25.4 Å². The summed E-state index contributed by atoms with van der Waals surface area (Å²) in [4.78, 5) is 36.7. The zero-order valence-electron chi connectivity index (χ0n) is 9.25. The standard InChI is InChI=1S/C10H10N2O4S/c1-11(2)9(14)12-8(13)7(16-10(12)15)6-3-4-17-5-6/h3-5,7H,1-2H3. The van der Waals surface area contributed by atoms with Crippen LogP contribution in [-0.2, 0) is 9.53 Å². The zero-order chi connectivity index (χ0) is 12.6. The summed E-state index contributed by atoms with van der Waals surface area (Å²) in [6.45, 7) is 0. The number of hydrogen-bond acceptors (Lipinski definition) is 5. The minimum absolute atomic E-state index is 0.516. The van der Waals surface area contributed by atoms with Crippen LogP contribution in [-0.4, -0.2) is 41.9 Å². The fourth-order valence-corrected chi connectivity index (χ4v) is 2.09. The Morgan fingerprint density at radius 2 is 2.18 bits per heavy atom. The van der Waals surface area contributed by atoms with Gasteiger partial charge in [-0.3, -0.25) is 4.79 Å². The first kappa shape index (κ1) is 11.6. The Bertz CT molecular complexity index is 469. The van der Waals surface area contributed by atoms with Gasteiger partial charge in [-0.2, -0.15) is 16.2 Å². The molecule has 1 atom stereocenters. The van der Waals surface area contributed by atoms with Crippen molar-refractivity contribution in [1.82, 2.24) is 9.80 Å². The molecule has 1 unspecified atom stereocenters. The maximum absolute atomic E-state index is 11.9. The van der Waals surface area contributed by atoms with Crippen molar-refractivity contribution in [2.24, 2.45) is 0 Å². The van der Waals surface area contributed by atoms with Crippen LogP contribution in [0.1, 0.15) is 11.7 Å². The highest BCUT2D eigenvalue weighted by atomic mass is 32.1. The normalized spacial score (nSPS) is 19.4. The van der Waals surface area contributed by atoms with E-state index in [0.717, 1.165) is 4.90 Å². The summed E-state index contributed by atoms with van der Waals surface area (Å²) in [6.07, 6.45) is -1.93. The highest BCUT2D eigenvalue weighted by Crippen LogP contribution is 2.29. The van der Waals surface area contributed by atoms with Gasteiger partial charge in [-0.25, -0.2) is 9.59 Å². The Morgan fingerprint density at radius 3 is 2.71 bits per heavy atom. The minimum atomic E-state index is -1.00. The van der Waals surface area contributed by atoms with Crippen molar-refractivity contribution in [1.29, 1.82) is 0 Å². The summed E-state index contributed by atoms with van der Waals surface area (Å²) in [5.74, 6) is -0.646. The summed E-state index contributed by atoms with van der Waals surface area (Å²) < 4.78 is 4.90. The van der Waals surface area contributed by atoms with E-state index < -0.39 is 24.1 Å². The molecule has 0 N–H and O–H groups in total. The highest BCUT2D eigenvalue weighted by molar-refractivity contribution is 7.08. The Labute approximate surface area is 101 Å². The predicted octanol–water partition coefficient (Wildman–Crippen LogP) is 1.45. The monoisotopic (exact) mass is 254 g/mol. The van der Waals surface area contributed by atoms with Crippen LogP contribution in [0.3, 0.4) is 0 Å². The molecule has 0 spiro atoms. The van der Waals surface area contributed by atoms with Crippen LogP contribution in [0.5, 0.6) is 0 Å². The Kier molecular flexibility index (Phi) is 2.84. The van der Waals surface area contributed by atoms with Gasteiger partial charge in [-0.1, -0.05) is 0 Å². The van der Waals surface area contributed by atoms with Crippen molar-refractivity contribution < 1.29 is 19.1 Å². The number of rotatable bonds is 1. The fourth-order valence-electron chi connectivity index (χ4n) is 1.42. The second kappa shape index (κ2) is 4.17. The molecule has 1 aliphatic rings. The number of cyclic esters (lactones) is 1. The molecule has 6 nitrogen and oxygen atoms in total. The lowest BCUT2D eigenvalue weighted by Gasteiger charge is -2.15. The average Bonchev–Trinajstić information content (AvgIpc) is 2.86. The number of carbonyl (C=O) groups excluding carboxylic acids is 3. The molecular weight excluding hydrogens is 244 g/mol. The van der Waals surface area contributed by atoms with Crippen LogP contribution in [0.4, 0.5) is 9.59 Å². The average molecular weight is 254 g/mol. The van der Waals surface area contributed by atoms with Gasteiger partial charge in [0.25, 0.3) is 5.91 Å². The van der Waals surface area contributed by atoms with Crippen molar-refractivity contribution in [2.45, 2.75) is 6.10 Å². The van der Waals surface area contributed by atoms with E-state index in [1.54, 1.807) is 16.8 Å². The van der Waals surface area contributed by atoms with Crippen LogP contribution < -0.4 is 0 Å². The van der Waals surface area contributed by atoms with Crippen molar-refractivity contribution in [3.63, 3.8) is 0 Å². The molecule has 90 valence electrons. The Balaban J connectivity index is 2.26. The molecule has 0 radical (unpaired) electrons. The van der Waals surface area contributed by atoms with Crippen LogP contribution in [0.15, 0.2) is 16.8 Å². The first-order valence-electron chi connectivity index (χ1n) is 4.80. The van der Waals surface area contributed by atoms with Crippen LogP contribution >= 0.6 is 11.3 Å². The molecular formula is C10H10N2O4S. The lowest BCUT2D eigenvalue weighted by molar-refractivity contribution is -0.128. The fraction of sp³-hybridized carbons (Fsp3) is 0.300. The second-order valence-corrected chi connectivity index (χ2v) is 4.45. The number of amides is 4. The summed E-state index contributed by atoms with van der Waals surface area (Å²) >= 11 is 1.39. The number of urea groups is 1. The van der Waals surface area contributed by atoms with E-state index in [1.807, 2.05) is 0 Å². The molecule has 4 amide bonds. The molecule has 2 rings (SSSR count). The van der Waals surface area contributed by atoms with Crippen molar-refractivity contribution in [3.05, 3.63) is 22.4 Å². The van der Waals surface area contributed by atoms with Crippen LogP contribution in [0, 0.1) is 0 Å². The molecule has 0 bridgehead atoms. The minimum Gasteiger partial charge on any atom is -0.430 e. The Morgan fingerprint density at radius 1 is 1.47 bits per heavy atom. The van der Waals surface area contributed by atoms with E-state index in [4.69, 9.17) is 4.74 Å². The van der Waals surface area contributed by atoms with Gasteiger partial charge in [0, 0.05) is 19.7 Å². The third kappa shape index (κ3) is 1.89. The molecule has 2 heterocycles. The molecule has 0 aromatic carbocycles. The summed E-state index contributed by atoms with van der Waals surface area (Å²) in [7, 11) is 2.92. The van der Waals surface area contributed by atoms with Gasteiger partial charge in [0.1, 0.15) is 0 Å². The molecule has 7 heteroatoms. The van der Waals surface area contributed by atoms with E-state index in [2.05, 4.69) is 0 Å². The topological polar surface area (TPSA) is 66.9 Å². The van der Waals surface area contributed by atoms with E-state index in [-0.39, 0.29) is 0 Å². The number of thiophene rings is 1. The van der Waals surface area contributed by atoms with E-state index in [0.29, 0.717) is 10.5 Å². The van der Waals surface area contributed by atoms with Crippen molar-refractivity contribution in [3.8, 4) is 0 Å². The molecule has 1 saturated heterocycles. The summed E-state index contributed by atoms with van der Waals surface area (Å²) in [5.41, 5.74) is 0.586. The van der Waals surface area contributed by atoms with Gasteiger partial charge >= 0.3 is 12.1 Å². The summed E-state index contributed by atoms with van der Waals surface area (Å²) in [5, 5.41) is 3.48. The van der Waals surface area contributed by atoms with Gasteiger partial charge < -0.3 is 9.64 Å². The summed E-state index contributed by atoms with van der Waals surface area (Å²) in [6, 6.07) is 0.988. The van der Waals surface area contributed by atoms with Crippen LogP contribution in [0.25, 0.3) is 0 Å². The van der Waals surface area contributed by atoms with Crippen molar-refractivity contribution in [2.75, 3.05) is 14.1 Å². The number of carbonyl (C=O) groups is 3.